The number of hydrogen-bond acceptors (Lipinski definition) is 5. The number of hydrogen-bond donors (Lipinski definition) is 0. The third kappa shape index (κ3) is 4.86. The second-order valence-electron chi connectivity index (χ2n) is 4.78. The molecule has 1 heterocycles. The lowest BCUT2D eigenvalue weighted by molar-refractivity contribution is 0.0470. The van der Waals surface area contributed by atoms with Gasteiger partial charge in [-0.2, -0.15) is 8.78 Å². The van der Waals surface area contributed by atoms with Crippen molar-refractivity contribution in [2.45, 2.75) is 24.1 Å². The Balaban J connectivity index is 2.01. The highest BCUT2D eigenvalue weighted by molar-refractivity contribution is 7.99. The number of aryl methyl sites for hydroxylation is 1. The Hall–Kier alpha value is -2.28. The molecule has 0 atom stereocenters. The van der Waals surface area contributed by atoms with Crippen molar-refractivity contribution in [3.63, 3.8) is 0 Å². The Morgan fingerprint density at radius 1 is 1.21 bits per heavy atom. The summed E-state index contributed by atoms with van der Waals surface area (Å²) in [6.45, 7) is 1.54. The van der Waals surface area contributed by atoms with Gasteiger partial charge in [0.1, 0.15) is 5.03 Å². The van der Waals surface area contributed by atoms with E-state index in [1.165, 1.54) is 18.3 Å². The zero-order valence-corrected chi connectivity index (χ0v) is 13.7. The van der Waals surface area contributed by atoms with E-state index in [1.807, 2.05) is 19.1 Å². The molecule has 0 unspecified atom stereocenters. The Bertz CT molecular complexity index is 720. The number of pyridine rings is 1. The van der Waals surface area contributed by atoms with E-state index in [1.54, 1.807) is 12.1 Å². The number of esters is 1. The first kappa shape index (κ1) is 18.1. The lowest BCUT2D eigenvalue weighted by Gasteiger charge is -2.08. The van der Waals surface area contributed by atoms with Crippen molar-refractivity contribution in [1.29, 1.82) is 0 Å². The number of ether oxygens (including phenoxy) is 1. The molecule has 0 aliphatic rings. The van der Waals surface area contributed by atoms with Crippen LogP contribution in [0.15, 0.2) is 47.6 Å². The predicted octanol–water partition coefficient (Wildman–Crippen LogP) is 4.00. The van der Waals surface area contributed by atoms with Gasteiger partial charge < -0.3 is 4.74 Å². The van der Waals surface area contributed by atoms with E-state index in [-0.39, 0.29) is 28.1 Å². The molecule has 0 aliphatic carbocycles. The number of nitrogens with zero attached hydrogens (tertiary/aromatic N) is 1. The first-order valence-electron chi connectivity index (χ1n) is 7.20. The zero-order valence-electron chi connectivity index (χ0n) is 12.9. The summed E-state index contributed by atoms with van der Waals surface area (Å²) in [5.74, 6) is -3.92. The Kier molecular flexibility index (Phi) is 6.43. The van der Waals surface area contributed by atoms with Gasteiger partial charge in [-0.3, -0.25) is 4.79 Å². The van der Waals surface area contributed by atoms with Gasteiger partial charge in [-0.1, -0.05) is 31.2 Å². The molecule has 2 aromatic rings. The average molecular weight is 351 g/mol. The van der Waals surface area contributed by atoms with E-state index >= 15 is 0 Å². The summed E-state index contributed by atoms with van der Waals surface area (Å²) in [6, 6.07) is 9.76. The third-order valence-electron chi connectivity index (χ3n) is 3.21. The number of aromatic nitrogens is 1. The molecule has 126 valence electrons. The molecule has 0 fully saturated rings. The molecule has 0 saturated carbocycles. The van der Waals surface area contributed by atoms with Crippen LogP contribution in [-0.2, 0) is 11.2 Å². The van der Waals surface area contributed by atoms with Crippen LogP contribution in [0.3, 0.4) is 0 Å². The van der Waals surface area contributed by atoms with Crippen LogP contribution in [0.2, 0.25) is 0 Å². The van der Waals surface area contributed by atoms with E-state index in [2.05, 4.69) is 4.98 Å². The molecule has 1 aromatic carbocycles. The van der Waals surface area contributed by atoms with E-state index in [0.717, 1.165) is 12.0 Å². The number of Topliss-reactive ketones (excluding diaryl/α,β-unsaturated/α-hetero) is 1. The van der Waals surface area contributed by atoms with E-state index < -0.39 is 18.3 Å². The van der Waals surface area contributed by atoms with E-state index in [4.69, 9.17) is 4.74 Å². The van der Waals surface area contributed by atoms with Crippen molar-refractivity contribution < 1.29 is 23.1 Å². The third-order valence-corrected chi connectivity index (χ3v) is 3.94. The quantitative estimate of drug-likeness (QED) is 0.429. The minimum absolute atomic E-state index is 0.0862. The lowest BCUT2D eigenvalue weighted by Crippen LogP contribution is -2.15. The number of ketones is 1. The molecule has 0 aliphatic heterocycles. The summed E-state index contributed by atoms with van der Waals surface area (Å²) < 4.78 is 29.9. The second-order valence-corrected chi connectivity index (χ2v) is 5.76. The molecule has 0 amide bonds. The molecule has 7 heteroatoms. The van der Waals surface area contributed by atoms with Crippen LogP contribution >= 0.6 is 11.8 Å². The molecule has 2 rings (SSSR count). The predicted molar refractivity (Wildman–Crippen MR) is 86.5 cm³/mol. The molecular formula is C17H15F2NO3S. The summed E-state index contributed by atoms with van der Waals surface area (Å²) in [5, 5.41) is -0.128. The first-order chi connectivity index (χ1) is 11.5. The van der Waals surface area contributed by atoms with Gasteiger partial charge in [0.2, 0.25) is 0 Å². The number of benzene rings is 1. The van der Waals surface area contributed by atoms with Crippen LogP contribution in [-0.4, -0.2) is 29.1 Å². The van der Waals surface area contributed by atoms with Crippen molar-refractivity contribution in [2.75, 3.05) is 6.61 Å². The Morgan fingerprint density at radius 2 is 1.92 bits per heavy atom. The maximum atomic E-state index is 12.5. The SMILES string of the molecule is CCc1ccc(C(=O)COC(=O)c2cccnc2SC(F)F)cc1. The molecule has 0 N–H and O–H groups in total. The number of alkyl halides is 2. The number of rotatable bonds is 7. The molecule has 0 saturated heterocycles. The van der Waals surface area contributed by atoms with Gasteiger partial charge in [0.05, 0.1) is 5.56 Å². The highest BCUT2D eigenvalue weighted by atomic mass is 32.2. The van der Waals surface area contributed by atoms with Crippen LogP contribution in [0.1, 0.15) is 33.2 Å². The van der Waals surface area contributed by atoms with Crippen molar-refractivity contribution in [2.24, 2.45) is 0 Å². The van der Waals surface area contributed by atoms with E-state index in [9.17, 15) is 18.4 Å². The van der Waals surface area contributed by atoms with Gasteiger partial charge in [0.15, 0.2) is 12.4 Å². The maximum Gasteiger partial charge on any atom is 0.341 e. The van der Waals surface area contributed by atoms with Crippen LogP contribution < -0.4 is 0 Å². The molecule has 0 radical (unpaired) electrons. The fraction of sp³-hybridized carbons (Fsp3) is 0.235. The van der Waals surface area contributed by atoms with Crippen molar-refractivity contribution in [3.8, 4) is 0 Å². The van der Waals surface area contributed by atoms with Gasteiger partial charge in [-0.15, -0.1) is 0 Å². The molecular weight excluding hydrogens is 336 g/mol. The summed E-state index contributed by atoms with van der Waals surface area (Å²) in [7, 11) is 0. The average Bonchev–Trinajstić information content (AvgIpc) is 2.59. The molecule has 24 heavy (non-hydrogen) atoms. The monoisotopic (exact) mass is 351 g/mol. The van der Waals surface area contributed by atoms with Gasteiger partial charge >= 0.3 is 5.97 Å². The summed E-state index contributed by atoms with van der Waals surface area (Å²) in [6.07, 6.45) is 2.16. The number of carbonyl (C=O) groups excluding carboxylic acids is 2. The van der Waals surface area contributed by atoms with Gasteiger partial charge in [0, 0.05) is 11.8 Å². The number of halogens is 2. The van der Waals surface area contributed by atoms with Gasteiger partial charge in [-0.25, -0.2) is 9.78 Å². The highest BCUT2D eigenvalue weighted by Crippen LogP contribution is 2.26. The fourth-order valence-corrected chi connectivity index (χ4v) is 2.51. The smallest absolute Gasteiger partial charge is 0.341 e. The highest BCUT2D eigenvalue weighted by Gasteiger charge is 2.19. The standard InChI is InChI=1S/C17H15F2NO3S/c1-2-11-5-7-12(8-6-11)14(21)10-23-16(22)13-4-3-9-20-15(13)24-17(18)19/h3-9,17H,2,10H2,1H3. The van der Waals surface area contributed by atoms with E-state index in [0.29, 0.717) is 5.56 Å². The number of carbonyl (C=O) groups is 2. The topological polar surface area (TPSA) is 56.3 Å². The summed E-state index contributed by atoms with van der Waals surface area (Å²) in [4.78, 5) is 27.8. The van der Waals surface area contributed by atoms with Crippen LogP contribution in [0.25, 0.3) is 0 Å². The fourth-order valence-electron chi connectivity index (χ4n) is 1.94. The van der Waals surface area contributed by atoms with Crippen molar-refractivity contribution in [3.05, 3.63) is 59.3 Å². The molecule has 0 spiro atoms. The minimum atomic E-state index is -2.70. The van der Waals surface area contributed by atoms with Crippen molar-refractivity contribution >= 4 is 23.5 Å². The van der Waals surface area contributed by atoms with Crippen LogP contribution in [0, 0.1) is 0 Å². The van der Waals surface area contributed by atoms with Crippen LogP contribution in [0.4, 0.5) is 8.78 Å². The van der Waals surface area contributed by atoms with Crippen molar-refractivity contribution in [1.82, 2.24) is 4.98 Å². The summed E-state index contributed by atoms with van der Waals surface area (Å²) in [5.41, 5.74) is 1.43. The Labute approximate surface area is 142 Å². The zero-order chi connectivity index (χ0) is 17.5. The minimum Gasteiger partial charge on any atom is -0.454 e. The van der Waals surface area contributed by atoms with Gasteiger partial charge in [0.25, 0.3) is 5.76 Å². The first-order valence-corrected chi connectivity index (χ1v) is 8.08. The second kappa shape index (κ2) is 8.54. The largest absolute Gasteiger partial charge is 0.454 e. The molecule has 4 nitrogen and oxygen atoms in total. The van der Waals surface area contributed by atoms with Gasteiger partial charge in [-0.05, 0) is 35.9 Å². The summed E-state index contributed by atoms with van der Waals surface area (Å²) >= 11 is 0.158. The maximum absolute atomic E-state index is 12.5. The van der Waals surface area contributed by atoms with Crippen LogP contribution in [0.5, 0.6) is 0 Å². The molecule has 0 bridgehead atoms. The lowest BCUT2D eigenvalue weighted by atomic mass is 10.1. The molecule has 1 aromatic heterocycles. The Morgan fingerprint density at radius 3 is 2.54 bits per heavy atom. The normalized spacial score (nSPS) is 10.7. The number of thioether (sulfide) groups is 1.